The number of H-pyrrole nitrogens is 1. The standard InChI is InChI=1S/C48H50F2N10O5/c1-25-18-32(19-26(2)40(25)49)60-42(58-16-15-57(46(58)63)37-11-10-36-33(41(37)50)24-51-55(36)7)39-28(4)56(14-12-34(39)53-60)43(61)38-21-31-20-29(30-13-17-64-47(5,6)23-30)8-9-35(31)59(38)48(22-27(48)3)44-52-45(62)65-54-44/h8-11,15-16,18-20,24,27-28,30,38H,12-14,17,21-23H2,1-7H3,(H,52,54,62)/t27-,28-,30?,38-,48-/m0/s1. The number of ether oxygens (including phenoxy) is 1. The Balaban J connectivity index is 1.02. The van der Waals surface area contributed by atoms with Crippen molar-refractivity contribution in [3.8, 4) is 17.2 Å². The number of nitrogens with one attached hydrogen (secondary N) is 1. The molecule has 5 atom stereocenters. The Labute approximate surface area is 372 Å². The van der Waals surface area contributed by atoms with Crippen molar-refractivity contribution in [2.75, 3.05) is 18.1 Å². The fraction of sp³-hybridized carbons (Fsp3) is 0.417. The second-order valence-electron chi connectivity index (χ2n) is 19.1. The number of nitrogens with zero attached hydrogens (tertiary/aromatic N) is 9. The van der Waals surface area contributed by atoms with Crippen molar-refractivity contribution in [3.63, 3.8) is 0 Å². The molecule has 0 radical (unpaired) electrons. The highest BCUT2D eigenvalue weighted by Crippen LogP contribution is 2.60. The number of aryl methyl sites for hydroxylation is 3. The Morgan fingerprint density at radius 3 is 2.40 bits per heavy atom. The number of aromatic nitrogens is 8. The van der Waals surface area contributed by atoms with E-state index in [4.69, 9.17) is 14.4 Å². The zero-order valence-electron chi connectivity index (χ0n) is 37.4. The summed E-state index contributed by atoms with van der Waals surface area (Å²) in [4.78, 5) is 49.6. The third kappa shape index (κ3) is 6.21. The van der Waals surface area contributed by atoms with Crippen molar-refractivity contribution in [3.05, 3.63) is 133 Å². The summed E-state index contributed by atoms with van der Waals surface area (Å²) in [5.41, 5.74) is 4.87. The molecule has 7 aromatic rings. The van der Waals surface area contributed by atoms with Crippen molar-refractivity contribution in [1.29, 1.82) is 0 Å². The summed E-state index contributed by atoms with van der Waals surface area (Å²) in [6, 6.07) is 11.9. The average Bonchev–Trinajstić information content (AvgIpc) is 3.90. The lowest BCUT2D eigenvalue weighted by Crippen LogP contribution is -2.54. The summed E-state index contributed by atoms with van der Waals surface area (Å²) < 4.78 is 48.3. The molecule has 1 amide bonds. The second kappa shape index (κ2) is 14.4. The van der Waals surface area contributed by atoms with Crippen LogP contribution in [0.15, 0.2) is 75.2 Å². The van der Waals surface area contributed by atoms with Crippen molar-refractivity contribution in [2.24, 2.45) is 13.0 Å². The molecule has 4 aliphatic rings. The summed E-state index contributed by atoms with van der Waals surface area (Å²) in [5, 5.41) is 13.8. The van der Waals surface area contributed by atoms with Gasteiger partial charge in [0.15, 0.2) is 11.6 Å². The predicted molar refractivity (Wildman–Crippen MR) is 237 cm³/mol. The van der Waals surface area contributed by atoms with Gasteiger partial charge in [0.2, 0.25) is 5.91 Å². The lowest BCUT2D eigenvalue weighted by Gasteiger charge is -2.40. The van der Waals surface area contributed by atoms with Gasteiger partial charge in [-0.1, -0.05) is 24.2 Å². The number of hydrogen-bond acceptors (Lipinski definition) is 9. The first-order chi connectivity index (χ1) is 31.1. The number of carbonyl (C=O) groups excluding carboxylic acids is 1. The maximum absolute atomic E-state index is 16.1. The van der Waals surface area contributed by atoms with Gasteiger partial charge in [0.1, 0.15) is 23.2 Å². The number of amides is 1. The van der Waals surface area contributed by atoms with Gasteiger partial charge in [0, 0.05) is 56.7 Å². The van der Waals surface area contributed by atoms with Crippen molar-refractivity contribution >= 4 is 22.5 Å². The van der Waals surface area contributed by atoms with Gasteiger partial charge in [-0.2, -0.15) is 10.2 Å². The van der Waals surface area contributed by atoms with Gasteiger partial charge in [-0.3, -0.25) is 28.1 Å². The Morgan fingerprint density at radius 2 is 1.69 bits per heavy atom. The van der Waals surface area contributed by atoms with Crippen LogP contribution in [0.4, 0.5) is 14.5 Å². The number of carbonyl (C=O) groups is 1. The number of rotatable bonds is 7. The fourth-order valence-corrected chi connectivity index (χ4v) is 11.2. The third-order valence-corrected chi connectivity index (χ3v) is 14.6. The Bertz CT molecular complexity index is 3200. The molecule has 3 aromatic carbocycles. The summed E-state index contributed by atoms with van der Waals surface area (Å²) in [7, 11) is 1.72. The topological polar surface area (TPSA) is 154 Å². The molecular weight excluding hydrogens is 835 g/mol. The van der Waals surface area contributed by atoms with E-state index in [1.54, 1.807) is 60.7 Å². The maximum atomic E-state index is 16.1. The highest BCUT2D eigenvalue weighted by Gasteiger charge is 2.64. The molecule has 1 N–H and O–H groups in total. The first kappa shape index (κ1) is 41.1. The molecule has 0 spiro atoms. The Hall–Kier alpha value is -6.62. The van der Waals surface area contributed by atoms with Crippen LogP contribution in [0.3, 0.4) is 0 Å². The predicted octanol–water partition coefficient (Wildman–Crippen LogP) is 6.76. The lowest BCUT2D eigenvalue weighted by molar-refractivity contribution is -0.135. The van der Waals surface area contributed by atoms with E-state index < -0.39 is 34.9 Å². The van der Waals surface area contributed by atoms with Crippen LogP contribution in [-0.2, 0) is 35.0 Å². The zero-order valence-corrected chi connectivity index (χ0v) is 37.4. The van der Waals surface area contributed by atoms with Crippen LogP contribution in [-0.4, -0.2) is 74.4 Å². The molecule has 15 nitrogen and oxygen atoms in total. The monoisotopic (exact) mass is 884 g/mol. The van der Waals surface area contributed by atoms with Crippen LogP contribution in [0.25, 0.3) is 28.1 Å². The van der Waals surface area contributed by atoms with Gasteiger partial charge >= 0.3 is 11.4 Å². The molecule has 1 saturated carbocycles. The van der Waals surface area contributed by atoms with Gasteiger partial charge in [0.05, 0.1) is 45.8 Å². The minimum Gasteiger partial charge on any atom is -0.376 e. The second-order valence-corrected chi connectivity index (χ2v) is 19.1. The van der Waals surface area contributed by atoms with Gasteiger partial charge in [-0.15, -0.1) is 0 Å². The van der Waals surface area contributed by atoms with Gasteiger partial charge in [-0.25, -0.2) is 23.1 Å². The van der Waals surface area contributed by atoms with Gasteiger partial charge in [-0.05, 0) is 118 Å². The molecule has 1 aliphatic carbocycles. The van der Waals surface area contributed by atoms with Crippen molar-refractivity contribution < 1.29 is 22.8 Å². The first-order valence-corrected chi connectivity index (χ1v) is 22.3. The van der Waals surface area contributed by atoms with Crippen molar-refractivity contribution in [1.82, 2.24) is 43.7 Å². The number of halogens is 2. The number of anilines is 1. The summed E-state index contributed by atoms with van der Waals surface area (Å²) in [6.45, 7) is 12.6. The molecular formula is C48H50F2N10O5. The number of imidazole rings is 1. The van der Waals surface area contributed by atoms with E-state index in [-0.39, 0.29) is 34.3 Å². The molecule has 3 aliphatic heterocycles. The lowest BCUT2D eigenvalue weighted by atomic mass is 9.83. The highest BCUT2D eigenvalue weighted by molar-refractivity contribution is 5.90. The Morgan fingerprint density at radius 1 is 0.954 bits per heavy atom. The normalized spacial score (nSPS) is 23.6. The molecule has 2 fully saturated rings. The molecule has 1 saturated heterocycles. The van der Waals surface area contributed by atoms with Crippen LogP contribution in [0.2, 0.25) is 0 Å². The molecule has 11 rings (SSSR count). The summed E-state index contributed by atoms with van der Waals surface area (Å²) in [6.07, 6.45) is 7.74. The number of fused-ring (bicyclic) bond motifs is 3. The van der Waals surface area contributed by atoms with Gasteiger partial charge in [0.25, 0.3) is 0 Å². The van der Waals surface area contributed by atoms with E-state index in [1.807, 2.05) is 11.8 Å². The molecule has 65 heavy (non-hydrogen) atoms. The fourth-order valence-electron chi connectivity index (χ4n) is 11.2. The SMILES string of the molecule is Cc1cc(-n2nc3c(c2-n2ccn(-c4ccc5c(cnn5C)c4F)c2=O)[C@H](C)N(C(=O)[C@@H]2Cc4cc(C5CCOC(C)(C)C5)ccc4N2[C@@]2(c4noc(=O)[nH]4)C[C@@H]2C)CC3)cc(C)c1F. The summed E-state index contributed by atoms with van der Waals surface area (Å²) >= 11 is 0. The van der Waals surface area contributed by atoms with E-state index in [0.29, 0.717) is 83.6 Å². The highest BCUT2D eigenvalue weighted by atomic mass is 19.1. The van der Waals surface area contributed by atoms with Crippen LogP contribution < -0.4 is 16.3 Å². The minimum atomic E-state index is -0.789. The number of aromatic amines is 1. The molecule has 4 aromatic heterocycles. The zero-order chi connectivity index (χ0) is 45.4. The van der Waals surface area contributed by atoms with Crippen LogP contribution in [0.1, 0.15) is 98.3 Å². The molecule has 1 unspecified atom stereocenters. The smallest absolute Gasteiger partial charge is 0.376 e. The van der Waals surface area contributed by atoms with E-state index in [9.17, 15) is 9.59 Å². The van der Waals surface area contributed by atoms with Crippen molar-refractivity contribution in [2.45, 2.75) is 103 Å². The average molecular weight is 885 g/mol. The Kier molecular flexibility index (Phi) is 9.13. The number of benzene rings is 3. The van der Waals surface area contributed by atoms with E-state index in [0.717, 1.165) is 24.1 Å². The number of hydrogen-bond donors (Lipinski definition) is 1. The molecule has 0 bridgehead atoms. The molecule has 336 valence electrons. The van der Waals surface area contributed by atoms with Gasteiger partial charge < -0.3 is 14.5 Å². The molecule has 17 heteroatoms. The largest absolute Gasteiger partial charge is 0.438 e. The minimum absolute atomic E-state index is 0.0397. The first-order valence-electron chi connectivity index (χ1n) is 22.3. The maximum Gasteiger partial charge on any atom is 0.438 e. The van der Waals surface area contributed by atoms with Crippen LogP contribution in [0.5, 0.6) is 0 Å². The molecule has 7 heterocycles. The third-order valence-electron chi connectivity index (χ3n) is 14.6. The van der Waals surface area contributed by atoms with Crippen LogP contribution >= 0.6 is 0 Å². The van der Waals surface area contributed by atoms with Crippen LogP contribution in [0, 0.1) is 31.4 Å². The van der Waals surface area contributed by atoms with E-state index >= 15 is 13.6 Å². The van der Waals surface area contributed by atoms with E-state index in [2.05, 4.69) is 59.1 Å². The quantitative estimate of drug-likeness (QED) is 0.183. The summed E-state index contributed by atoms with van der Waals surface area (Å²) in [5.74, 6) is -0.624. The van der Waals surface area contributed by atoms with E-state index in [1.165, 1.54) is 27.1 Å².